The van der Waals surface area contributed by atoms with Crippen LogP contribution in [0.4, 0.5) is 5.69 Å². The van der Waals surface area contributed by atoms with Crippen molar-refractivity contribution < 1.29 is 29.0 Å². The van der Waals surface area contributed by atoms with E-state index in [0.29, 0.717) is 16.8 Å². The number of carboxylic acids is 1. The lowest BCUT2D eigenvalue weighted by atomic mass is 10.0. The van der Waals surface area contributed by atoms with Crippen molar-refractivity contribution in [2.45, 2.75) is 12.5 Å². The van der Waals surface area contributed by atoms with E-state index in [1.807, 2.05) is 0 Å². The minimum Gasteiger partial charge on any atom is -0.478 e. The van der Waals surface area contributed by atoms with Gasteiger partial charge in [-0.3, -0.25) is 9.59 Å². The van der Waals surface area contributed by atoms with Crippen LogP contribution in [-0.2, 0) is 20.7 Å². The van der Waals surface area contributed by atoms with Crippen LogP contribution in [0.25, 0.3) is 6.08 Å². The lowest BCUT2D eigenvalue weighted by Gasteiger charge is -2.16. The van der Waals surface area contributed by atoms with Crippen molar-refractivity contribution >= 4 is 58.7 Å². The monoisotopic (exact) mass is 540 g/mol. The summed E-state index contributed by atoms with van der Waals surface area (Å²) in [6.45, 7) is 0. The van der Waals surface area contributed by atoms with Crippen LogP contribution in [0.2, 0.25) is 10.0 Å². The average Bonchev–Trinajstić information content (AvgIpc) is 2.87. The predicted octanol–water partition coefficient (Wildman–Crippen LogP) is 4.86. The van der Waals surface area contributed by atoms with Gasteiger partial charge in [0.05, 0.1) is 28.3 Å². The van der Waals surface area contributed by atoms with E-state index in [-0.39, 0.29) is 27.6 Å². The van der Waals surface area contributed by atoms with Crippen molar-refractivity contribution in [3.63, 3.8) is 0 Å². The van der Waals surface area contributed by atoms with E-state index in [9.17, 15) is 19.2 Å². The maximum atomic E-state index is 12.6. The summed E-state index contributed by atoms with van der Waals surface area (Å²) in [5, 5.41) is 14.8. The van der Waals surface area contributed by atoms with Gasteiger partial charge in [0.15, 0.2) is 0 Å². The molecule has 8 nitrogen and oxygen atoms in total. The van der Waals surface area contributed by atoms with Crippen LogP contribution in [-0.4, -0.2) is 42.0 Å². The van der Waals surface area contributed by atoms with Gasteiger partial charge in [0, 0.05) is 18.2 Å². The van der Waals surface area contributed by atoms with Crippen LogP contribution >= 0.6 is 23.2 Å². The molecule has 37 heavy (non-hydrogen) atoms. The number of esters is 1. The van der Waals surface area contributed by atoms with Crippen LogP contribution in [0.5, 0.6) is 0 Å². The van der Waals surface area contributed by atoms with E-state index in [1.54, 1.807) is 54.6 Å². The zero-order chi connectivity index (χ0) is 26.9. The number of amides is 2. The first-order chi connectivity index (χ1) is 17.7. The van der Waals surface area contributed by atoms with Gasteiger partial charge in [-0.1, -0.05) is 53.5 Å². The molecule has 0 aliphatic carbocycles. The molecule has 0 saturated heterocycles. The van der Waals surface area contributed by atoms with Crippen molar-refractivity contribution in [2.24, 2.45) is 0 Å². The summed E-state index contributed by atoms with van der Waals surface area (Å²) in [5.74, 6) is -2.75. The quantitative estimate of drug-likeness (QED) is 0.263. The third-order valence-electron chi connectivity index (χ3n) is 5.20. The van der Waals surface area contributed by atoms with E-state index in [2.05, 4.69) is 10.6 Å². The van der Waals surface area contributed by atoms with Crippen molar-refractivity contribution in [1.29, 1.82) is 0 Å². The first kappa shape index (κ1) is 27.4. The summed E-state index contributed by atoms with van der Waals surface area (Å²) in [6, 6.07) is 16.5. The largest absolute Gasteiger partial charge is 0.478 e. The normalized spacial score (nSPS) is 11.5. The summed E-state index contributed by atoms with van der Waals surface area (Å²) >= 11 is 12.2. The van der Waals surface area contributed by atoms with Gasteiger partial charge in [-0.15, -0.1) is 0 Å². The molecule has 10 heteroatoms. The number of hydrogen-bond acceptors (Lipinski definition) is 5. The zero-order valence-corrected chi connectivity index (χ0v) is 21.0. The summed E-state index contributed by atoms with van der Waals surface area (Å²) in [5.41, 5.74) is 1.94. The van der Waals surface area contributed by atoms with Crippen molar-refractivity contribution in [2.75, 3.05) is 12.4 Å². The molecule has 3 aromatic rings. The van der Waals surface area contributed by atoms with Gasteiger partial charge in [-0.05, 0) is 53.6 Å². The molecule has 1 atom stereocenters. The molecule has 0 aliphatic heterocycles. The van der Waals surface area contributed by atoms with E-state index in [1.165, 1.54) is 31.4 Å². The SMILES string of the molecule is COC(=O)[C@H](Cc1ccc(NC(=O)c2c(Cl)cccc2Cl)cc1)NC(=O)/C=C/c1cccc(C(=O)O)c1. The number of benzene rings is 3. The third kappa shape index (κ3) is 7.67. The number of nitrogens with one attached hydrogen (secondary N) is 2. The van der Waals surface area contributed by atoms with E-state index < -0.39 is 29.8 Å². The number of carbonyl (C=O) groups is 4. The van der Waals surface area contributed by atoms with E-state index in [4.69, 9.17) is 33.0 Å². The Labute approximate surface area is 222 Å². The molecule has 0 radical (unpaired) electrons. The molecule has 3 rings (SSSR count). The lowest BCUT2D eigenvalue weighted by molar-refractivity contribution is -0.144. The van der Waals surface area contributed by atoms with E-state index >= 15 is 0 Å². The maximum absolute atomic E-state index is 12.6. The molecule has 0 bridgehead atoms. The topological polar surface area (TPSA) is 122 Å². The predicted molar refractivity (Wildman–Crippen MR) is 141 cm³/mol. The lowest BCUT2D eigenvalue weighted by Crippen LogP contribution is -2.42. The van der Waals surface area contributed by atoms with Crippen molar-refractivity contribution in [3.05, 3.63) is 105 Å². The molecule has 0 unspecified atom stereocenters. The minimum atomic E-state index is -1.08. The van der Waals surface area contributed by atoms with Gasteiger partial charge >= 0.3 is 11.9 Å². The Kier molecular flexibility index (Phi) is 9.43. The summed E-state index contributed by atoms with van der Waals surface area (Å²) in [6.07, 6.45) is 2.78. The number of rotatable bonds is 9. The molecule has 3 aromatic carbocycles. The van der Waals surface area contributed by atoms with Crippen molar-refractivity contribution in [3.8, 4) is 0 Å². The number of anilines is 1. The Balaban J connectivity index is 1.65. The zero-order valence-electron chi connectivity index (χ0n) is 19.5. The smallest absolute Gasteiger partial charge is 0.335 e. The van der Waals surface area contributed by atoms with Crippen LogP contribution in [0.15, 0.2) is 72.8 Å². The molecular weight excluding hydrogens is 519 g/mol. The number of carboxylic acid groups (broad SMARTS) is 1. The van der Waals surface area contributed by atoms with Crippen LogP contribution in [0, 0.1) is 0 Å². The molecule has 3 N–H and O–H groups in total. The van der Waals surface area contributed by atoms with Gasteiger partial charge in [0.25, 0.3) is 5.91 Å². The van der Waals surface area contributed by atoms with Crippen LogP contribution in [0.1, 0.15) is 31.8 Å². The van der Waals surface area contributed by atoms with Crippen LogP contribution in [0.3, 0.4) is 0 Å². The number of aromatic carboxylic acids is 1. The van der Waals surface area contributed by atoms with Gasteiger partial charge in [-0.25, -0.2) is 9.59 Å². The highest BCUT2D eigenvalue weighted by Crippen LogP contribution is 2.25. The molecule has 0 heterocycles. The summed E-state index contributed by atoms with van der Waals surface area (Å²) in [7, 11) is 1.22. The summed E-state index contributed by atoms with van der Waals surface area (Å²) in [4.78, 5) is 48.4. The molecule has 2 amide bonds. The number of hydrogen-bond donors (Lipinski definition) is 3. The van der Waals surface area contributed by atoms with Gasteiger partial charge in [-0.2, -0.15) is 0 Å². The standard InChI is InChI=1S/C27H22Cl2N2O6/c1-37-27(36)22(31-23(32)13-10-16-4-2-5-18(14-16)26(34)35)15-17-8-11-19(12-9-17)30-25(33)24-20(28)6-3-7-21(24)29/h2-14,22H,15H2,1H3,(H,30,33)(H,31,32)(H,34,35)/b13-10+/t22-/m0/s1. The molecule has 0 aliphatic rings. The number of halogens is 2. The fourth-order valence-electron chi connectivity index (χ4n) is 3.37. The molecular formula is C27H22Cl2N2O6. The molecule has 190 valence electrons. The van der Waals surface area contributed by atoms with Crippen molar-refractivity contribution in [1.82, 2.24) is 5.32 Å². The second-order valence-electron chi connectivity index (χ2n) is 7.80. The number of ether oxygens (including phenoxy) is 1. The first-order valence-corrected chi connectivity index (χ1v) is 11.7. The highest BCUT2D eigenvalue weighted by molar-refractivity contribution is 6.40. The second kappa shape index (κ2) is 12.7. The Morgan fingerprint density at radius 1 is 0.973 bits per heavy atom. The average molecular weight is 541 g/mol. The molecule has 0 saturated carbocycles. The first-order valence-electron chi connectivity index (χ1n) is 10.9. The highest BCUT2D eigenvalue weighted by Gasteiger charge is 2.21. The number of carbonyl (C=O) groups excluding carboxylic acids is 3. The highest BCUT2D eigenvalue weighted by atomic mass is 35.5. The van der Waals surface area contributed by atoms with Gasteiger partial charge in [0.1, 0.15) is 6.04 Å². The minimum absolute atomic E-state index is 0.0876. The second-order valence-corrected chi connectivity index (χ2v) is 8.61. The third-order valence-corrected chi connectivity index (χ3v) is 5.83. The maximum Gasteiger partial charge on any atom is 0.335 e. The summed E-state index contributed by atoms with van der Waals surface area (Å²) < 4.78 is 4.81. The number of methoxy groups -OCH3 is 1. The molecule has 0 spiro atoms. The Morgan fingerprint density at radius 3 is 2.24 bits per heavy atom. The Hall–Kier alpha value is -4.14. The Bertz CT molecular complexity index is 1340. The fourth-order valence-corrected chi connectivity index (χ4v) is 3.94. The molecule has 0 aromatic heterocycles. The Morgan fingerprint density at radius 2 is 1.62 bits per heavy atom. The van der Waals surface area contributed by atoms with Crippen LogP contribution < -0.4 is 10.6 Å². The molecule has 0 fully saturated rings. The van der Waals surface area contributed by atoms with Gasteiger partial charge < -0.3 is 20.5 Å². The van der Waals surface area contributed by atoms with Gasteiger partial charge in [0.2, 0.25) is 5.91 Å². The van der Waals surface area contributed by atoms with E-state index in [0.717, 1.165) is 0 Å². The fraction of sp³-hybridized carbons (Fsp3) is 0.111.